The van der Waals surface area contributed by atoms with Gasteiger partial charge in [0.2, 0.25) is 0 Å². The molecular formula is C21H27ClN4O2. The number of ether oxygens (including phenoxy) is 2. The third-order valence-corrected chi connectivity index (χ3v) is 4.76. The number of hydrogen-bond donors (Lipinski definition) is 2. The van der Waals surface area contributed by atoms with Gasteiger partial charge >= 0.3 is 0 Å². The monoisotopic (exact) mass is 402 g/mol. The fourth-order valence-corrected chi connectivity index (χ4v) is 3.16. The van der Waals surface area contributed by atoms with Gasteiger partial charge in [0.15, 0.2) is 0 Å². The van der Waals surface area contributed by atoms with Crippen molar-refractivity contribution < 1.29 is 9.47 Å². The minimum absolute atomic E-state index is 0.0504. The second-order valence-corrected chi connectivity index (χ2v) is 7.05. The number of hydrogen-bond acceptors (Lipinski definition) is 5. The summed E-state index contributed by atoms with van der Waals surface area (Å²) < 4.78 is 10.7. The average molecular weight is 403 g/mol. The molecule has 2 N–H and O–H groups in total. The van der Waals surface area contributed by atoms with E-state index in [2.05, 4.69) is 4.98 Å². The topological polar surface area (TPSA) is 82.3 Å². The summed E-state index contributed by atoms with van der Waals surface area (Å²) in [4.78, 5) is 6.45. The predicted octanol–water partition coefficient (Wildman–Crippen LogP) is 4.34. The van der Waals surface area contributed by atoms with Crippen LogP contribution in [0.25, 0.3) is 0 Å². The average Bonchev–Trinajstić information content (AvgIpc) is 2.67. The molecule has 0 radical (unpaired) electrons. The molecule has 0 unspecified atom stereocenters. The quantitative estimate of drug-likeness (QED) is 0.482. The van der Waals surface area contributed by atoms with Gasteiger partial charge in [-0.05, 0) is 38.0 Å². The molecule has 0 amide bonds. The van der Waals surface area contributed by atoms with E-state index >= 15 is 0 Å². The van der Waals surface area contributed by atoms with E-state index in [-0.39, 0.29) is 11.6 Å². The molecule has 0 aliphatic carbocycles. The van der Waals surface area contributed by atoms with E-state index in [9.17, 15) is 0 Å². The van der Waals surface area contributed by atoms with Gasteiger partial charge in [0, 0.05) is 23.9 Å². The zero-order chi connectivity index (χ0) is 20.7. The summed E-state index contributed by atoms with van der Waals surface area (Å²) in [6, 6.07) is 7.89. The van der Waals surface area contributed by atoms with Gasteiger partial charge in [-0.2, -0.15) is 0 Å². The van der Waals surface area contributed by atoms with Crippen LogP contribution in [-0.4, -0.2) is 41.7 Å². The molecule has 28 heavy (non-hydrogen) atoms. The fourth-order valence-electron chi connectivity index (χ4n) is 3.04. The van der Waals surface area contributed by atoms with Crippen LogP contribution >= 0.6 is 11.6 Å². The summed E-state index contributed by atoms with van der Waals surface area (Å²) in [5.41, 5.74) is 3.94. The van der Waals surface area contributed by atoms with Crippen LogP contribution in [0.5, 0.6) is 11.5 Å². The molecule has 0 atom stereocenters. The summed E-state index contributed by atoms with van der Waals surface area (Å²) in [5.74, 6) is 1.93. The van der Waals surface area contributed by atoms with Crippen molar-refractivity contribution in [3.05, 3.63) is 52.8 Å². The Labute approximate surface area is 171 Å². The molecular weight excluding hydrogens is 376 g/mol. The van der Waals surface area contributed by atoms with Gasteiger partial charge in [-0.1, -0.05) is 23.7 Å². The Kier molecular flexibility index (Phi) is 7.81. The molecule has 150 valence electrons. The lowest BCUT2D eigenvalue weighted by Gasteiger charge is -2.26. The van der Waals surface area contributed by atoms with E-state index in [4.69, 9.17) is 31.9 Å². The summed E-state index contributed by atoms with van der Waals surface area (Å²) in [6.45, 7) is 5.01. The molecule has 1 aromatic carbocycles. The number of aromatic nitrogens is 1. The third-order valence-electron chi connectivity index (χ3n) is 4.62. The first-order valence-electron chi connectivity index (χ1n) is 9.03. The van der Waals surface area contributed by atoms with Gasteiger partial charge in [0.05, 0.1) is 32.9 Å². The Morgan fingerprint density at radius 1 is 1.11 bits per heavy atom. The second kappa shape index (κ2) is 10.1. The van der Waals surface area contributed by atoms with Crippen LogP contribution in [0.2, 0.25) is 0 Å². The molecule has 0 bridgehead atoms. The highest BCUT2D eigenvalue weighted by molar-refractivity contribution is 6.65. The Balaban J connectivity index is 2.19. The lowest BCUT2D eigenvalue weighted by molar-refractivity contribution is 0.390. The number of halogens is 1. The molecule has 0 spiro atoms. The number of nitrogens with one attached hydrogen (secondary N) is 2. The number of amidine groups is 1. The van der Waals surface area contributed by atoms with Crippen molar-refractivity contribution in [3.63, 3.8) is 0 Å². The van der Waals surface area contributed by atoms with Crippen LogP contribution in [0.3, 0.4) is 0 Å². The zero-order valence-electron chi connectivity index (χ0n) is 16.8. The van der Waals surface area contributed by atoms with Crippen molar-refractivity contribution in [2.24, 2.45) is 0 Å². The van der Waals surface area contributed by atoms with E-state index in [1.807, 2.05) is 43.0 Å². The Hall–Kier alpha value is -2.60. The summed E-state index contributed by atoms with van der Waals surface area (Å²) in [7, 11) is 3.29. The number of pyridine rings is 1. The number of nitrogens with zero attached hydrogens (tertiary/aromatic N) is 2. The predicted molar refractivity (Wildman–Crippen MR) is 113 cm³/mol. The Bertz CT molecular complexity index is 837. The van der Waals surface area contributed by atoms with Gasteiger partial charge in [-0.25, -0.2) is 0 Å². The number of benzene rings is 1. The summed E-state index contributed by atoms with van der Waals surface area (Å²) in [6.07, 6.45) is 2.65. The van der Waals surface area contributed by atoms with Crippen molar-refractivity contribution in [1.29, 1.82) is 10.8 Å². The Morgan fingerprint density at radius 2 is 1.79 bits per heavy atom. The minimum atomic E-state index is -0.0504. The SMILES string of the molecule is COc1ccc(CCN(Cc2ncc(C)c(OC)c2C)C(=N)CC(=N)Cl)cc1. The molecule has 0 fully saturated rings. The fraction of sp³-hybridized carbons (Fsp3) is 0.381. The maximum absolute atomic E-state index is 8.39. The van der Waals surface area contributed by atoms with Crippen molar-refractivity contribution >= 4 is 22.6 Å². The highest BCUT2D eigenvalue weighted by Gasteiger charge is 2.16. The number of aryl methyl sites for hydroxylation is 1. The van der Waals surface area contributed by atoms with Crippen molar-refractivity contribution in [2.45, 2.75) is 33.2 Å². The standard InChI is InChI=1S/C21H27ClN4O2/c1-14-12-25-18(15(2)21(14)28-4)13-26(20(24)11-19(22)23)10-9-16-5-7-17(27-3)8-6-16/h5-8,12,23-24H,9-11,13H2,1-4H3. The van der Waals surface area contributed by atoms with Gasteiger partial charge < -0.3 is 14.4 Å². The molecule has 0 aliphatic rings. The van der Waals surface area contributed by atoms with Gasteiger partial charge in [-0.15, -0.1) is 0 Å². The van der Waals surface area contributed by atoms with E-state index in [1.54, 1.807) is 20.4 Å². The van der Waals surface area contributed by atoms with Gasteiger partial charge in [0.1, 0.15) is 22.5 Å². The first-order chi connectivity index (χ1) is 13.3. The van der Waals surface area contributed by atoms with E-state index < -0.39 is 0 Å². The highest BCUT2D eigenvalue weighted by atomic mass is 35.5. The summed E-state index contributed by atoms with van der Waals surface area (Å²) in [5, 5.41) is 15.9. The molecule has 2 rings (SSSR count). The smallest absolute Gasteiger partial charge is 0.128 e. The van der Waals surface area contributed by atoms with Crippen LogP contribution < -0.4 is 9.47 Å². The minimum Gasteiger partial charge on any atom is -0.497 e. The van der Waals surface area contributed by atoms with Crippen LogP contribution in [0, 0.1) is 24.7 Å². The van der Waals surface area contributed by atoms with E-state index in [0.717, 1.165) is 40.3 Å². The summed E-state index contributed by atoms with van der Waals surface area (Å²) >= 11 is 5.74. The van der Waals surface area contributed by atoms with Crippen molar-refractivity contribution in [2.75, 3.05) is 20.8 Å². The molecule has 0 saturated heterocycles. The molecule has 0 aliphatic heterocycles. The van der Waals surface area contributed by atoms with E-state index in [1.165, 1.54) is 0 Å². The van der Waals surface area contributed by atoms with Gasteiger partial charge in [-0.3, -0.25) is 15.8 Å². The zero-order valence-corrected chi connectivity index (χ0v) is 17.6. The second-order valence-electron chi connectivity index (χ2n) is 6.59. The number of methoxy groups -OCH3 is 2. The first-order valence-corrected chi connectivity index (χ1v) is 9.40. The molecule has 0 saturated carbocycles. The van der Waals surface area contributed by atoms with Crippen LogP contribution in [0.15, 0.2) is 30.5 Å². The Morgan fingerprint density at radius 3 is 2.36 bits per heavy atom. The maximum Gasteiger partial charge on any atom is 0.128 e. The van der Waals surface area contributed by atoms with Crippen molar-refractivity contribution in [3.8, 4) is 11.5 Å². The molecule has 2 aromatic rings. The van der Waals surface area contributed by atoms with Crippen molar-refractivity contribution in [1.82, 2.24) is 9.88 Å². The van der Waals surface area contributed by atoms with E-state index in [0.29, 0.717) is 18.9 Å². The highest BCUT2D eigenvalue weighted by Crippen LogP contribution is 2.25. The van der Waals surface area contributed by atoms with Crippen LogP contribution in [0.4, 0.5) is 0 Å². The largest absolute Gasteiger partial charge is 0.497 e. The molecule has 1 heterocycles. The molecule has 7 heteroatoms. The van der Waals surface area contributed by atoms with Gasteiger partial charge in [0.25, 0.3) is 0 Å². The number of rotatable bonds is 9. The lowest BCUT2D eigenvalue weighted by Crippen LogP contribution is -2.33. The van der Waals surface area contributed by atoms with Crippen LogP contribution in [-0.2, 0) is 13.0 Å². The first kappa shape index (κ1) is 21.7. The maximum atomic E-state index is 8.39. The molecule has 1 aromatic heterocycles. The normalized spacial score (nSPS) is 10.5. The third kappa shape index (κ3) is 5.70. The molecule has 6 nitrogen and oxygen atoms in total. The van der Waals surface area contributed by atoms with Crippen LogP contribution in [0.1, 0.15) is 28.8 Å². The lowest BCUT2D eigenvalue weighted by atomic mass is 10.1.